The first kappa shape index (κ1) is 17.2. The number of aryl methyl sites for hydroxylation is 1. The van der Waals surface area contributed by atoms with Gasteiger partial charge in [-0.15, -0.1) is 0 Å². The van der Waals surface area contributed by atoms with E-state index < -0.39 is 0 Å². The maximum Gasteiger partial charge on any atom is 0.227 e. The van der Waals surface area contributed by atoms with Crippen molar-refractivity contribution in [3.8, 4) is 0 Å². The van der Waals surface area contributed by atoms with Crippen LogP contribution in [0.5, 0.6) is 0 Å². The number of piperazine rings is 1. The topological polar surface area (TPSA) is 44.8 Å². The lowest BCUT2D eigenvalue weighted by atomic mass is 9.99. The molecule has 2 heterocycles. The number of nitrogens with zero attached hydrogens (tertiary/aromatic N) is 2. The molecule has 2 aliphatic heterocycles. The maximum absolute atomic E-state index is 12.4. The molecule has 0 aromatic heterocycles. The third-order valence-electron chi connectivity index (χ3n) is 5.24. The molecule has 1 N–H and O–H groups in total. The zero-order valence-corrected chi connectivity index (χ0v) is 14.9. The quantitative estimate of drug-likeness (QED) is 0.921. The molecular weight excluding hydrogens is 302 g/mol. The number of ether oxygens (including phenoxy) is 1. The Morgan fingerprint density at radius 1 is 1.21 bits per heavy atom. The zero-order valence-electron chi connectivity index (χ0n) is 14.9. The SMILES string of the molecule is CCN1CCN(c2ccc(NC(=O)C3CCOCC3)c(C)c2)CC1. The minimum Gasteiger partial charge on any atom is -0.381 e. The fourth-order valence-electron chi connectivity index (χ4n) is 3.50. The summed E-state index contributed by atoms with van der Waals surface area (Å²) < 4.78 is 5.33. The fourth-order valence-corrected chi connectivity index (χ4v) is 3.50. The van der Waals surface area contributed by atoms with Crippen LogP contribution in [-0.2, 0) is 9.53 Å². The van der Waals surface area contributed by atoms with Gasteiger partial charge in [-0.25, -0.2) is 0 Å². The van der Waals surface area contributed by atoms with Crippen molar-refractivity contribution >= 4 is 17.3 Å². The summed E-state index contributed by atoms with van der Waals surface area (Å²) >= 11 is 0. The van der Waals surface area contributed by atoms with Gasteiger partial charge in [0.1, 0.15) is 0 Å². The van der Waals surface area contributed by atoms with Gasteiger partial charge >= 0.3 is 0 Å². The van der Waals surface area contributed by atoms with E-state index >= 15 is 0 Å². The molecule has 0 atom stereocenters. The lowest BCUT2D eigenvalue weighted by molar-refractivity contribution is -0.122. The normalized spacial score (nSPS) is 20.2. The number of carbonyl (C=O) groups excluding carboxylic acids is 1. The van der Waals surface area contributed by atoms with Crippen molar-refractivity contribution in [2.45, 2.75) is 26.7 Å². The van der Waals surface area contributed by atoms with Gasteiger partial charge in [0.2, 0.25) is 5.91 Å². The minimum absolute atomic E-state index is 0.0833. The summed E-state index contributed by atoms with van der Waals surface area (Å²) in [6, 6.07) is 6.38. The zero-order chi connectivity index (χ0) is 16.9. The van der Waals surface area contributed by atoms with Crippen LogP contribution in [0.2, 0.25) is 0 Å². The van der Waals surface area contributed by atoms with E-state index in [1.165, 1.54) is 5.69 Å². The van der Waals surface area contributed by atoms with E-state index in [0.29, 0.717) is 13.2 Å². The largest absolute Gasteiger partial charge is 0.381 e. The summed E-state index contributed by atoms with van der Waals surface area (Å²) in [6.45, 7) is 11.2. The minimum atomic E-state index is 0.0833. The first-order chi connectivity index (χ1) is 11.7. The number of anilines is 2. The van der Waals surface area contributed by atoms with Gasteiger partial charge in [-0.05, 0) is 50.1 Å². The van der Waals surface area contributed by atoms with Crippen molar-refractivity contribution in [1.29, 1.82) is 0 Å². The lowest BCUT2D eigenvalue weighted by Crippen LogP contribution is -2.46. The Morgan fingerprint density at radius 2 is 1.92 bits per heavy atom. The second kappa shape index (κ2) is 7.99. The second-order valence-corrected chi connectivity index (χ2v) is 6.80. The maximum atomic E-state index is 12.4. The van der Waals surface area contributed by atoms with Gasteiger partial charge in [0, 0.05) is 56.7 Å². The predicted molar refractivity (Wildman–Crippen MR) is 97.7 cm³/mol. The number of hydrogen-bond donors (Lipinski definition) is 1. The van der Waals surface area contributed by atoms with E-state index in [-0.39, 0.29) is 11.8 Å². The summed E-state index contributed by atoms with van der Waals surface area (Å²) in [5, 5.41) is 3.11. The van der Waals surface area contributed by atoms with Gasteiger partial charge in [0.15, 0.2) is 0 Å². The van der Waals surface area contributed by atoms with E-state index in [0.717, 1.165) is 56.8 Å². The van der Waals surface area contributed by atoms with Crippen LogP contribution in [-0.4, -0.2) is 56.7 Å². The number of rotatable bonds is 4. The van der Waals surface area contributed by atoms with Crippen molar-refractivity contribution in [3.05, 3.63) is 23.8 Å². The Kier molecular flexibility index (Phi) is 5.74. The molecule has 1 amide bonds. The highest BCUT2D eigenvalue weighted by Crippen LogP contribution is 2.25. The molecule has 132 valence electrons. The molecule has 0 unspecified atom stereocenters. The number of carbonyl (C=O) groups is 1. The standard InChI is InChI=1S/C19H29N3O2/c1-3-21-8-10-22(11-9-21)17-4-5-18(15(2)14-17)20-19(23)16-6-12-24-13-7-16/h4-5,14,16H,3,6-13H2,1-2H3,(H,20,23). The highest BCUT2D eigenvalue weighted by atomic mass is 16.5. The second-order valence-electron chi connectivity index (χ2n) is 6.80. The molecule has 5 heteroatoms. The summed E-state index contributed by atoms with van der Waals surface area (Å²) in [5.74, 6) is 0.214. The lowest BCUT2D eigenvalue weighted by Gasteiger charge is -2.35. The molecule has 24 heavy (non-hydrogen) atoms. The third-order valence-corrected chi connectivity index (χ3v) is 5.24. The Hall–Kier alpha value is -1.59. The molecule has 3 rings (SSSR count). The van der Waals surface area contributed by atoms with E-state index in [2.05, 4.69) is 41.1 Å². The molecule has 0 aliphatic carbocycles. The molecule has 0 saturated carbocycles. The number of likely N-dealkylation sites (N-methyl/N-ethyl adjacent to an activating group) is 1. The molecular formula is C19H29N3O2. The third kappa shape index (κ3) is 4.08. The average molecular weight is 331 g/mol. The Labute approximate surface area is 145 Å². The van der Waals surface area contributed by atoms with Gasteiger partial charge in [-0.1, -0.05) is 6.92 Å². The molecule has 0 bridgehead atoms. The summed E-state index contributed by atoms with van der Waals surface area (Å²) in [7, 11) is 0. The van der Waals surface area contributed by atoms with E-state index in [4.69, 9.17) is 4.74 Å². The van der Waals surface area contributed by atoms with Crippen LogP contribution in [0.15, 0.2) is 18.2 Å². The average Bonchev–Trinajstić information content (AvgIpc) is 2.64. The van der Waals surface area contributed by atoms with Crippen LogP contribution in [0.4, 0.5) is 11.4 Å². The Balaban J connectivity index is 1.61. The van der Waals surface area contributed by atoms with Gasteiger partial charge in [0.25, 0.3) is 0 Å². The number of nitrogens with one attached hydrogen (secondary N) is 1. The van der Waals surface area contributed by atoms with Crippen LogP contribution in [0.25, 0.3) is 0 Å². The summed E-state index contributed by atoms with van der Waals surface area (Å²) in [4.78, 5) is 17.3. The fraction of sp³-hybridized carbons (Fsp3) is 0.632. The van der Waals surface area contributed by atoms with Gasteiger partial charge < -0.3 is 19.9 Å². The number of hydrogen-bond acceptors (Lipinski definition) is 4. The van der Waals surface area contributed by atoms with E-state index in [1.807, 2.05) is 6.07 Å². The smallest absolute Gasteiger partial charge is 0.227 e. The highest BCUT2D eigenvalue weighted by Gasteiger charge is 2.22. The van der Waals surface area contributed by atoms with Crippen LogP contribution < -0.4 is 10.2 Å². The van der Waals surface area contributed by atoms with Crippen molar-refractivity contribution in [2.24, 2.45) is 5.92 Å². The van der Waals surface area contributed by atoms with Crippen molar-refractivity contribution in [3.63, 3.8) is 0 Å². The molecule has 1 aromatic rings. The molecule has 0 radical (unpaired) electrons. The molecule has 2 fully saturated rings. The van der Waals surface area contributed by atoms with Gasteiger partial charge in [0.05, 0.1) is 0 Å². The molecule has 2 saturated heterocycles. The van der Waals surface area contributed by atoms with Gasteiger partial charge in [-0.2, -0.15) is 0 Å². The van der Waals surface area contributed by atoms with Crippen LogP contribution in [0, 0.1) is 12.8 Å². The summed E-state index contributed by atoms with van der Waals surface area (Å²) in [6.07, 6.45) is 1.65. The van der Waals surface area contributed by atoms with E-state index in [1.54, 1.807) is 0 Å². The number of benzene rings is 1. The van der Waals surface area contributed by atoms with Crippen molar-refractivity contribution in [1.82, 2.24) is 4.90 Å². The van der Waals surface area contributed by atoms with Crippen LogP contribution >= 0.6 is 0 Å². The molecule has 1 aromatic carbocycles. The van der Waals surface area contributed by atoms with Crippen molar-refractivity contribution in [2.75, 3.05) is 56.2 Å². The highest BCUT2D eigenvalue weighted by molar-refractivity contribution is 5.93. The molecule has 5 nitrogen and oxygen atoms in total. The first-order valence-electron chi connectivity index (χ1n) is 9.14. The molecule has 2 aliphatic rings. The van der Waals surface area contributed by atoms with Crippen LogP contribution in [0.3, 0.4) is 0 Å². The summed E-state index contributed by atoms with van der Waals surface area (Å²) in [5.41, 5.74) is 3.32. The van der Waals surface area contributed by atoms with Crippen LogP contribution in [0.1, 0.15) is 25.3 Å². The van der Waals surface area contributed by atoms with Crippen molar-refractivity contribution < 1.29 is 9.53 Å². The predicted octanol–water partition coefficient (Wildman–Crippen LogP) is 2.50. The first-order valence-corrected chi connectivity index (χ1v) is 9.14. The van der Waals surface area contributed by atoms with E-state index in [9.17, 15) is 4.79 Å². The number of amides is 1. The molecule has 0 spiro atoms. The Bertz CT molecular complexity index is 562. The van der Waals surface area contributed by atoms with Gasteiger partial charge in [-0.3, -0.25) is 4.79 Å². The monoisotopic (exact) mass is 331 g/mol. The Morgan fingerprint density at radius 3 is 2.54 bits per heavy atom.